The number of sulfonamides is 1. The fourth-order valence-electron chi connectivity index (χ4n) is 1.94. The largest absolute Gasteiger partial charge is 0.399 e. The molecular formula is C15H15N3O2S. The van der Waals surface area contributed by atoms with E-state index >= 15 is 0 Å². The summed E-state index contributed by atoms with van der Waals surface area (Å²) in [7, 11) is -3.82. The SMILES string of the molecule is Cc1cc(NS(=O)(=O)c2ccccc2C#N)c(C)cc1N. The average molecular weight is 301 g/mol. The van der Waals surface area contributed by atoms with Gasteiger partial charge in [0.15, 0.2) is 0 Å². The van der Waals surface area contributed by atoms with Gasteiger partial charge in [-0.1, -0.05) is 12.1 Å². The molecule has 0 bridgehead atoms. The van der Waals surface area contributed by atoms with Crippen molar-refractivity contribution < 1.29 is 8.42 Å². The lowest BCUT2D eigenvalue weighted by Gasteiger charge is -2.13. The second-order valence-electron chi connectivity index (χ2n) is 4.74. The van der Waals surface area contributed by atoms with E-state index in [-0.39, 0.29) is 10.5 Å². The molecule has 0 aliphatic rings. The summed E-state index contributed by atoms with van der Waals surface area (Å²) >= 11 is 0. The van der Waals surface area contributed by atoms with Crippen LogP contribution in [0.15, 0.2) is 41.3 Å². The number of aryl methyl sites for hydroxylation is 2. The number of benzene rings is 2. The summed E-state index contributed by atoms with van der Waals surface area (Å²) in [6.07, 6.45) is 0. The van der Waals surface area contributed by atoms with Crippen molar-refractivity contribution in [2.75, 3.05) is 10.5 Å². The zero-order valence-electron chi connectivity index (χ0n) is 11.7. The summed E-state index contributed by atoms with van der Waals surface area (Å²) in [5.74, 6) is 0. The van der Waals surface area contributed by atoms with E-state index in [4.69, 9.17) is 11.0 Å². The maximum absolute atomic E-state index is 12.4. The minimum atomic E-state index is -3.82. The Bertz CT molecular complexity index is 836. The van der Waals surface area contributed by atoms with E-state index in [9.17, 15) is 8.42 Å². The molecule has 0 aliphatic carbocycles. The Morgan fingerprint density at radius 2 is 1.81 bits per heavy atom. The van der Waals surface area contributed by atoms with Gasteiger partial charge in [0.2, 0.25) is 0 Å². The number of rotatable bonds is 3. The van der Waals surface area contributed by atoms with E-state index < -0.39 is 10.0 Å². The molecule has 0 atom stereocenters. The molecule has 0 aromatic heterocycles. The van der Waals surface area contributed by atoms with Crippen molar-refractivity contribution in [2.45, 2.75) is 18.7 Å². The van der Waals surface area contributed by atoms with E-state index in [2.05, 4.69) is 4.72 Å². The molecule has 0 radical (unpaired) electrons. The summed E-state index contributed by atoms with van der Waals surface area (Å²) in [4.78, 5) is -0.0404. The molecule has 21 heavy (non-hydrogen) atoms. The lowest BCUT2D eigenvalue weighted by molar-refractivity contribution is 0.601. The fourth-order valence-corrected chi connectivity index (χ4v) is 3.22. The number of nitrogens with two attached hydrogens (primary N) is 1. The molecule has 0 unspecified atom stereocenters. The molecule has 0 saturated heterocycles. The first-order valence-corrected chi connectivity index (χ1v) is 7.72. The van der Waals surface area contributed by atoms with Crippen LogP contribution < -0.4 is 10.5 Å². The van der Waals surface area contributed by atoms with Gasteiger partial charge in [-0.05, 0) is 49.2 Å². The minimum absolute atomic E-state index is 0.0404. The normalized spacial score (nSPS) is 10.9. The van der Waals surface area contributed by atoms with E-state index in [1.165, 1.54) is 12.1 Å². The molecule has 2 aromatic carbocycles. The Morgan fingerprint density at radius 3 is 2.48 bits per heavy atom. The highest BCUT2D eigenvalue weighted by Crippen LogP contribution is 2.25. The first-order valence-electron chi connectivity index (χ1n) is 6.24. The van der Waals surface area contributed by atoms with Crippen LogP contribution in [0.3, 0.4) is 0 Å². The lowest BCUT2D eigenvalue weighted by atomic mass is 10.1. The number of nitrogens with zero attached hydrogens (tertiary/aromatic N) is 1. The number of nitrogens with one attached hydrogen (secondary N) is 1. The highest BCUT2D eigenvalue weighted by atomic mass is 32.2. The van der Waals surface area contributed by atoms with Crippen molar-refractivity contribution >= 4 is 21.4 Å². The monoisotopic (exact) mass is 301 g/mol. The van der Waals surface area contributed by atoms with Crippen LogP contribution in [0.4, 0.5) is 11.4 Å². The maximum Gasteiger partial charge on any atom is 0.263 e. The Hall–Kier alpha value is -2.52. The Labute approximate surface area is 124 Å². The Balaban J connectivity index is 2.48. The number of nitriles is 1. The Kier molecular flexibility index (Phi) is 3.87. The summed E-state index contributed by atoms with van der Waals surface area (Å²) < 4.78 is 27.4. The highest BCUT2D eigenvalue weighted by Gasteiger charge is 2.19. The molecule has 6 heteroatoms. The number of hydrogen-bond donors (Lipinski definition) is 2. The zero-order chi connectivity index (χ0) is 15.6. The standard InChI is InChI=1S/C15H15N3O2S/c1-10-8-14(11(2)7-13(10)17)18-21(19,20)15-6-4-3-5-12(15)9-16/h3-8,18H,17H2,1-2H3. The third kappa shape index (κ3) is 2.98. The van der Waals surface area contributed by atoms with E-state index in [0.717, 1.165) is 11.1 Å². The Morgan fingerprint density at radius 1 is 1.14 bits per heavy atom. The van der Waals surface area contributed by atoms with Gasteiger partial charge in [-0.15, -0.1) is 0 Å². The summed E-state index contributed by atoms with van der Waals surface area (Å²) in [6, 6.07) is 11.3. The third-order valence-electron chi connectivity index (χ3n) is 3.15. The van der Waals surface area contributed by atoms with Crippen LogP contribution in [0, 0.1) is 25.2 Å². The van der Waals surface area contributed by atoms with Crippen LogP contribution in [0.25, 0.3) is 0 Å². The predicted octanol–water partition coefficient (Wildman–Crippen LogP) is 2.56. The van der Waals surface area contributed by atoms with Gasteiger partial charge in [0.25, 0.3) is 10.0 Å². The molecule has 2 aromatic rings. The van der Waals surface area contributed by atoms with Crippen LogP contribution >= 0.6 is 0 Å². The van der Waals surface area contributed by atoms with Crippen LogP contribution in [0.2, 0.25) is 0 Å². The van der Waals surface area contributed by atoms with Crippen LogP contribution in [0.1, 0.15) is 16.7 Å². The van der Waals surface area contributed by atoms with Gasteiger partial charge in [0.05, 0.1) is 11.3 Å². The first kappa shape index (κ1) is 14.9. The van der Waals surface area contributed by atoms with Gasteiger partial charge in [0.1, 0.15) is 11.0 Å². The average Bonchev–Trinajstić information content (AvgIpc) is 2.44. The lowest BCUT2D eigenvalue weighted by Crippen LogP contribution is -2.15. The van der Waals surface area contributed by atoms with Crippen molar-refractivity contribution in [2.24, 2.45) is 0 Å². The molecule has 0 heterocycles. The zero-order valence-corrected chi connectivity index (χ0v) is 12.5. The number of hydrogen-bond acceptors (Lipinski definition) is 4. The van der Waals surface area contributed by atoms with Crippen molar-refractivity contribution in [3.63, 3.8) is 0 Å². The predicted molar refractivity (Wildman–Crippen MR) is 82.3 cm³/mol. The summed E-state index contributed by atoms with van der Waals surface area (Å²) in [5.41, 5.74) is 8.46. The summed E-state index contributed by atoms with van der Waals surface area (Å²) in [5, 5.41) is 9.02. The van der Waals surface area contributed by atoms with Gasteiger partial charge < -0.3 is 5.73 Å². The molecule has 0 saturated carbocycles. The first-order chi connectivity index (χ1) is 9.85. The van der Waals surface area contributed by atoms with E-state index in [1.54, 1.807) is 38.1 Å². The number of nitrogen functional groups attached to an aromatic ring is 1. The minimum Gasteiger partial charge on any atom is -0.399 e. The molecule has 0 fully saturated rings. The molecule has 5 nitrogen and oxygen atoms in total. The molecule has 108 valence electrons. The molecule has 0 spiro atoms. The van der Waals surface area contributed by atoms with Crippen LogP contribution in [-0.2, 0) is 10.0 Å². The number of anilines is 2. The second-order valence-corrected chi connectivity index (χ2v) is 6.39. The summed E-state index contributed by atoms with van der Waals surface area (Å²) in [6.45, 7) is 3.57. The van der Waals surface area contributed by atoms with Gasteiger partial charge >= 0.3 is 0 Å². The smallest absolute Gasteiger partial charge is 0.263 e. The quantitative estimate of drug-likeness (QED) is 0.851. The second kappa shape index (κ2) is 5.46. The molecular weight excluding hydrogens is 286 g/mol. The highest BCUT2D eigenvalue weighted by molar-refractivity contribution is 7.92. The van der Waals surface area contributed by atoms with Crippen molar-refractivity contribution in [3.05, 3.63) is 53.1 Å². The van der Waals surface area contributed by atoms with Crippen LogP contribution in [0.5, 0.6) is 0 Å². The van der Waals surface area contributed by atoms with Crippen molar-refractivity contribution in [1.29, 1.82) is 5.26 Å². The third-order valence-corrected chi connectivity index (χ3v) is 4.58. The molecule has 3 N–H and O–H groups in total. The van der Waals surface area contributed by atoms with Crippen molar-refractivity contribution in [1.82, 2.24) is 0 Å². The van der Waals surface area contributed by atoms with Gasteiger partial charge in [-0.3, -0.25) is 4.72 Å². The molecule has 2 rings (SSSR count). The maximum atomic E-state index is 12.4. The van der Waals surface area contributed by atoms with Crippen molar-refractivity contribution in [3.8, 4) is 6.07 Å². The van der Waals surface area contributed by atoms with Gasteiger partial charge in [0, 0.05) is 5.69 Å². The van der Waals surface area contributed by atoms with Gasteiger partial charge in [-0.25, -0.2) is 8.42 Å². The van der Waals surface area contributed by atoms with E-state index in [1.807, 2.05) is 6.07 Å². The van der Waals surface area contributed by atoms with Gasteiger partial charge in [-0.2, -0.15) is 5.26 Å². The van der Waals surface area contributed by atoms with E-state index in [0.29, 0.717) is 11.4 Å². The fraction of sp³-hybridized carbons (Fsp3) is 0.133. The molecule has 0 aliphatic heterocycles. The molecule has 0 amide bonds. The van der Waals surface area contributed by atoms with Crippen LogP contribution in [-0.4, -0.2) is 8.42 Å². The topological polar surface area (TPSA) is 96.0 Å².